The summed E-state index contributed by atoms with van der Waals surface area (Å²) in [5, 5.41) is 5.87. The zero-order valence-electron chi connectivity index (χ0n) is 15.7. The van der Waals surface area contributed by atoms with Crippen molar-refractivity contribution in [1.29, 1.82) is 0 Å². The number of benzene rings is 2. The summed E-state index contributed by atoms with van der Waals surface area (Å²) < 4.78 is 12.7. The molecule has 7 heteroatoms. The van der Waals surface area contributed by atoms with Crippen LogP contribution in [0.2, 0.25) is 0 Å². The average Bonchev–Trinajstić information content (AvgIpc) is 3.17. The molecule has 0 saturated heterocycles. The Kier molecular flexibility index (Phi) is 6.30. The molecule has 0 aliphatic carbocycles. The molecule has 142 valence electrons. The van der Waals surface area contributed by atoms with E-state index in [1.807, 2.05) is 74.6 Å². The number of methoxy groups -OCH3 is 1. The third kappa shape index (κ3) is 4.78. The number of anilines is 1. The van der Waals surface area contributed by atoms with Gasteiger partial charge in [-0.2, -0.15) is 0 Å². The highest BCUT2D eigenvalue weighted by molar-refractivity contribution is 5.47. The van der Waals surface area contributed by atoms with Crippen LogP contribution in [0.5, 0.6) is 17.4 Å². The van der Waals surface area contributed by atoms with Crippen LogP contribution >= 0.6 is 0 Å². The zero-order valence-corrected chi connectivity index (χ0v) is 15.7. The lowest BCUT2D eigenvalue weighted by Gasteiger charge is -2.21. The molecule has 0 aliphatic rings. The van der Waals surface area contributed by atoms with Crippen molar-refractivity contribution in [3.8, 4) is 23.1 Å². The van der Waals surface area contributed by atoms with Crippen molar-refractivity contribution in [2.45, 2.75) is 13.8 Å². The fraction of sp³-hybridized carbons (Fsp3) is 0.250. The fourth-order valence-electron chi connectivity index (χ4n) is 2.42. The summed E-state index contributed by atoms with van der Waals surface area (Å²) in [6, 6.07) is 16.9. The molecule has 0 atom stereocenters. The van der Waals surface area contributed by atoms with E-state index in [4.69, 9.17) is 19.1 Å². The van der Waals surface area contributed by atoms with Gasteiger partial charge in [0.25, 0.3) is 0 Å². The maximum Gasteiger partial charge on any atom is 0.238 e. The molecule has 3 rings (SSSR count). The van der Waals surface area contributed by atoms with Crippen LogP contribution in [0.15, 0.2) is 60.8 Å². The van der Waals surface area contributed by atoms with Gasteiger partial charge in [0.15, 0.2) is 0 Å². The lowest BCUT2D eigenvalue weighted by Crippen LogP contribution is -2.23. The first-order chi connectivity index (χ1) is 13.2. The molecule has 0 fully saturated rings. The van der Waals surface area contributed by atoms with Crippen molar-refractivity contribution >= 4 is 5.69 Å². The topological polar surface area (TPSA) is 58.0 Å². The molecule has 0 spiro atoms. The van der Waals surface area contributed by atoms with Gasteiger partial charge in [-0.25, -0.2) is 14.4 Å². The first kappa shape index (κ1) is 18.8. The van der Waals surface area contributed by atoms with Gasteiger partial charge in [0.2, 0.25) is 5.88 Å². The Labute approximate surface area is 158 Å². The molecule has 0 unspecified atom stereocenters. The minimum absolute atomic E-state index is 0.509. The lowest BCUT2D eigenvalue weighted by atomic mass is 10.3. The van der Waals surface area contributed by atoms with Gasteiger partial charge in [-0.1, -0.05) is 0 Å². The summed E-state index contributed by atoms with van der Waals surface area (Å²) in [5.74, 6) is 1.98. The third-order valence-corrected chi connectivity index (χ3v) is 3.66. The molecule has 1 aromatic heterocycles. The molecule has 7 nitrogen and oxygen atoms in total. The smallest absolute Gasteiger partial charge is 0.238 e. The Bertz CT molecular complexity index is 825. The molecule has 0 amide bonds. The van der Waals surface area contributed by atoms with Crippen molar-refractivity contribution in [3.05, 3.63) is 60.8 Å². The Morgan fingerprint density at radius 2 is 1.48 bits per heavy atom. The minimum Gasteiger partial charge on any atom is -0.497 e. The quantitative estimate of drug-likeness (QED) is 0.522. The second-order valence-electron chi connectivity index (χ2n) is 5.49. The maximum atomic E-state index is 5.77. The largest absolute Gasteiger partial charge is 0.497 e. The van der Waals surface area contributed by atoms with Crippen LogP contribution in [-0.2, 0) is 9.68 Å². The summed E-state index contributed by atoms with van der Waals surface area (Å²) in [6.45, 7) is 4.86. The highest BCUT2D eigenvalue weighted by Crippen LogP contribution is 2.24. The van der Waals surface area contributed by atoms with Gasteiger partial charge in [0, 0.05) is 12.3 Å². The summed E-state index contributed by atoms with van der Waals surface area (Å²) in [6.07, 6.45) is 1.84. The van der Waals surface area contributed by atoms with E-state index in [2.05, 4.69) is 5.10 Å². The number of hydrogen-bond donors (Lipinski definition) is 0. The number of ether oxygens (including phenoxy) is 2. The molecule has 0 N–H and O–H groups in total. The van der Waals surface area contributed by atoms with E-state index in [0.717, 1.165) is 17.1 Å². The van der Waals surface area contributed by atoms with Gasteiger partial charge < -0.3 is 9.47 Å². The highest BCUT2D eigenvalue weighted by atomic mass is 16.9. The second kappa shape index (κ2) is 9.07. The molecular weight excluding hydrogens is 346 g/mol. The SMILES string of the molecule is CCON(OCC)c1ccc(-n2ccc(Oc3ccc(OC)cc3)n2)cc1. The van der Waals surface area contributed by atoms with E-state index < -0.39 is 0 Å². The molecule has 2 aromatic carbocycles. The Morgan fingerprint density at radius 3 is 2.07 bits per heavy atom. The van der Waals surface area contributed by atoms with Crippen LogP contribution in [0.25, 0.3) is 5.69 Å². The van der Waals surface area contributed by atoms with Crippen LogP contribution in [0.4, 0.5) is 5.69 Å². The molecule has 0 bridgehead atoms. The van der Waals surface area contributed by atoms with Crippen molar-refractivity contribution in [1.82, 2.24) is 9.78 Å². The van der Waals surface area contributed by atoms with Gasteiger partial charge in [-0.3, -0.25) is 0 Å². The normalized spacial score (nSPS) is 10.6. The molecule has 0 radical (unpaired) electrons. The molecule has 27 heavy (non-hydrogen) atoms. The monoisotopic (exact) mass is 369 g/mol. The predicted octanol–water partition coefficient (Wildman–Crippen LogP) is 4.38. The number of nitrogens with zero attached hydrogens (tertiary/aromatic N) is 3. The number of rotatable bonds is 9. The van der Waals surface area contributed by atoms with Crippen LogP contribution in [0, 0.1) is 0 Å². The van der Waals surface area contributed by atoms with Gasteiger partial charge >= 0.3 is 0 Å². The fourth-order valence-corrected chi connectivity index (χ4v) is 2.42. The summed E-state index contributed by atoms with van der Waals surface area (Å²) in [7, 11) is 1.63. The van der Waals surface area contributed by atoms with E-state index in [1.165, 1.54) is 5.23 Å². The Morgan fingerprint density at radius 1 is 0.852 bits per heavy atom. The van der Waals surface area contributed by atoms with Gasteiger partial charge in [0.1, 0.15) is 11.5 Å². The Hall–Kier alpha value is -3.03. The maximum absolute atomic E-state index is 5.77. The summed E-state index contributed by atoms with van der Waals surface area (Å²) >= 11 is 0. The van der Waals surface area contributed by atoms with Crippen molar-refractivity contribution in [3.63, 3.8) is 0 Å². The van der Waals surface area contributed by atoms with Crippen molar-refractivity contribution in [2.75, 3.05) is 25.6 Å². The van der Waals surface area contributed by atoms with Crippen molar-refractivity contribution < 1.29 is 19.1 Å². The molecule has 1 heterocycles. The van der Waals surface area contributed by atoms with E-state index >= 15 is 0 Å². The Balaban J connectivity index is 1.69. The van der Waals surface area contributed by atoms with Gasteiger partial charge in [-0.15, -0.1) is 10.3 Å². The van der Waals surface area contributed by atoms with Crippen molar-refractivity contribution in [2.24, 2.45) is 0 Å². The lowest BCUT2D eigenvalue weighted by molar-refractivity contribution is -0.0817. The summed E-state index contributed by atoms with van der Waals surface area (Å²) in [4.78, 5) is 10.9. The molecule has 3 aromatic rings. The average molecular weight is 369 g/mol. The summed E-state index contributed by atoms with van der Waals surface area (Å²) in [5.41, 5.74) is 1.71. The first-order valence-corrected chi connectivity index (χ1v) is 8.77. The molecular formula is C20H23N3O4. The first-order valence-electron chi connectivity index (χ1n) is 8.77. The molecule has 0 aliphatic heterocycles. The van der Waals surface area contributed by atoms with E-state index in [1.54, 1.807) is 11.8 Å². The van der Waals surface area contributed by atoms with Crippen LogP contribution in [-0.4, -0.2) is 30.1 Å². The minimum atomic E-state index is 0.509. The number of hydrogen-bond acceptors (Lipinski definition) is 6. The van der Waals surface area contributed by atoms with Crippen LogP contribution < -0.4 is 14.7 Å². The predicted molar refractivity (Wildman–Crippen MR) is 102 cm³/mol. The third-order valence-electron chi connectivity index (χ3n) is 3.66. The van der Waals surface area contributed by atoms with E-state index in [0.29, 0.717) is 24.8 Å². The van der Waals surface area contributed by atoms with Gasteiger partial charge in [0.05, 0.1) is 31.7 Å². The zero-order chi connectivity index (χ0) is 19.1. The van der Waals surface area contributed by atoms with Crippen LogP contribution in [0.3, 0.4) is 0 Å². The van der Waals surface area contributed by atoms with Crippen LogP contribution in [0.1, 0.15) is 13.8 Å². The highest BCUT2D eigenvalue weighted by Gasteiger charge is 2.08. The number of aromatic nitrogens is 2. The van der Waals surface area contributed by atoms with E-state index in [9.17, 15) is 0 Å². The van der Waals surface area contributed by atoms with E-state index in [-0.39, 0.29) is 0 Å². The standard InChI is InChI=1S/C20H23N3O4/c1-4-25-23(26-5-2)17-8-6-16(7-9-17)22-15-14-20(21-22)27-19-12-10-18(24-3)11-13-19/h6-15H,4-5H2,1-3H3. The molecule has 0 saturated carbocycles. The van der Waals surface area contributed by atoms with Gasteiger partial charge in [-0.05, 0) is 62.4 Å². The second-order valence-corrected chi connectivity index (χ2v) is 5.49.